The van der Waals surface area contributed by atoms with Crippen LogP contribution in [0, 0.1) is 0 Å². The van der Waals surface area contributed by atoms with Crippen molar-refractivity contribution in [1.29, 1.82) is 0 Å². The lowest BCUT2D eigenvalue weighted by Crippen LogP contribution is -2.41. The molecule has 0 unspecified atom stereocenters. The zero-order chi connectivity index (χ0) is 17.3. The van der Waals surface area contributed by atoms with Crippen molar-refractivity contribution < 1.29 is 19.1 Å². The maximum absolute atomic E-state index is 12.8. The lowest BCUT2D eigenvalue weighted by molar-refractivity contribution is -0.130. The van der Waals surface area contributed by atoms with E-state index in [9.17, 15) is 14.4 Å². The number of urea groups is 1. The van der Waals surface area contributed by atoms with Crippen LogP contribution in [0.1, 0.15) is 22.2 Å². The fourth-order valence-corrected chi connectivity index (χ4v) is 3.28. The van der Waals surface area contributed by atoms with E-state index in [1.807, 2.05) is 0 Å². The first-order valence-corrected chi connectivity index (χ1v) is 8.19. The second-order valence-corrected chi connectivity index (χ2v) is 6.52. The molecule has 0 spiro atoms. The van der Waals surface area contributed by atoms with Gasteiger partial charge in [-0.2, -0.15) is 0 Å². The Labute approximate surface area is 143 Å². The second kappa shape index (κ2) is 6.09. The quantitative estimate of drug-likeness (QED) is 0.667. The molecule has 0 bridgehead atoms. The molecule has 0 aliphatic carbocycles. The summed E-state index contributed by atoms with van der Waals surface area (Å²) in [4.78, 5) is 38.7. The summed E-state index contributed by atoms with van der Waals surface area (Å²) in [5.41, 5.74) is -0.563. The van der Waals surface area contributed by atoms with Crippen molar-refractivity contribution in [3.63, 3.8) is 0 Å². The number of carbonyl (C=O) groups is 3. The molecular weight excluding hydrogens is 328 g/mol. The molecule has 6 nitrogen and oxygen atoms in total. The Bertz CT molecular complexity index is 785. The largest absolute Gasteiger partial charge is 0.497 e. The highest BCUT2D eigenvalue weighted by molar-refractivity contribution is 7.12. The molecule has 1 fully saturated rings. The molecule has 2 heterocycles. The SMILES string of the molecule is COc1ccc([C@]2(C)NC(=O)N(CC(=O)c3cccs3)C2=O)cc1. The number of ether oxygens (including phenoxy) is 1. The van der Waals surface area contributed by atoms with Crippen LogP contribution in [0.5, 0.6) is 5.75 Å². The number of methoxy groups -OCH3 is 1. The Hall–Kier alpha value is -2.67. The zero-order valence-corrected chi connectivity index (χ0v) is 14.1. The molecule has 3 rings (SSSR count). The van der Waals surface area contributed by atoms with Crippen LogP contribution in [0.15, 0.2) is 41.8 Å². The van der Waals surface area contributed by atoms with Crippen molar-refractivity contribution in [1.82, 2.24) is 10.2 Å². The number of Topliss-reactive ketones (excluding diaryl/α,β-unsaturated/α-hetero) is 1. The Morgan fingerprint density at radius 2 is 1.96 bits per heavy atom. The molecule has 1 aromatic carbocycles. The van der Waals surface area contributed by atoms with Crippen LogP contribution in [0.3, 0.4) is 0 Å². The predicted octanol–water partition coefficient (Wildman–Crippen LogP) is 2.41. The maximum atomic E-state index is 12.8. The van der Waals surface area contributed by atoms with Gasteiger partial charge in [0.15, 0.2) is 5.78 Å². The summed E-state index contributed by atoms with van der Waals surface area (Å²) < 4.78 is 5.10. The van der Waals surface area contributed by atoms with Crippen molar-refractivity contribution in [2.24, 2.45) is 0 Å². The van der Waals surface area contributed by atoms with E-state index in [0.29, 0.717) is 16.2 Å². The van der Waals surface area contributed by atoms with E-state index in [1.54, 1.807) is 55.8 Å². The second-order valence-electron chi connectivity index (χ2n) is 5.58. The van der Waals surface area contributed by atoms with Gasteiger partial charge in [0.1, 0.15) is 11.3 Å². The molecule has 1 atom stereocenters. The molecule has 1 N–H and O–H groups in total. The fraction of sp³-hybridized carbons (Fsp3) is 0.235. The lowest BCUT2D eigenvalue weighted by atomic mass is 9.92. The number of nitrogens with one attached hydrogen (secondary N) is 1. The molecule has 3 amide bonds. The van der Waals surface area contributed by atoms with Crippen LogP contribution in [0.4, 0.5) is 4.79 Å². The van der Waals surface area contributed by atoms with Crippen LogP contribution in [-0.4, -0.2) is 36.3 Å². The van der Waals surface area contributed by atoms with Crippen molar-refractivity contribution >= 4 is 29.1 Å². The molecule has 7 heteroatoms. The highest BCUT2D eigenvalue weighted by atomic mass is 32.1. The van der Waals surface area contributed by atoms with Gasteiger partial charge in [-0.1, -0.05) is 18.2 Å². The molecule has 124 valence electrons. The van der Waals surface area contributed by atoms with Gasteiger partial charge < -0.3 is 10.1 Å². The highest BCUT2D eigenvalue weighted by Gasteiger charge is 2.49. The van der Waals surface area contributed by atoms with Crippen LogP contribution in [0.2, 0.25) is 0 Å². The van der Waals surface area contributed by atoms with Crippen molar-refractivity contribution in [3.8, 4) is 5.75 Å². The van der Waals surface area contributed by atoms with Gasteiger partial charge in [-0.3, -0.25) is 14.5 Å². The van der Waals surface area contributed by atoms with Crippen LogP contribution in [-0.2, 0) is 10.3 Å². The summed E-state index contributed by atoms with van der Waals surface area (Å²) in [6, 6.07) is 9.75. The Balaban J connectivity index is 1.83. The normalized spacial score (nSPS) is 20.2. The number of hydrogen-bond donors (Lipinski definition) is 1. The number of ketones is 1. The van der Waals surface area contributed by atoms with Gasteiger partial charge in [-0.15, -0.1) is 11.3 Å². The average molecular weight is 344 g/mol. The number of amides is 3. The van der Waals surface area contributed by atoms with Crippen molar-refractivity contribution in [2.45, 2.75) is 12.5 Å². The number of imide groups is 1. The van der Waals surface area contributed by atoms with Crippen LogP contribution < -0.4 is 10.1 Å². The van der Waals surface area contributed by atoms with E-state index in [0.717, 1.165) is 4.90 Å². The average Bonchev–Trinajstić information content (AvgIpc) is 3.19. The van der Waals surface area contributed by atoms with Gasteiger partial charge >= 0.3 is 6.03 Å². The van der Waals surface area contributed by atoms with Crippen molar-refractivity contribution in [2.75, 3.05) is 13.7 Å². The third-order valence-corrected chi connectivity index (χ3v) is 4.95. The molecule has 1 aromatic heterocycles. The first kappa shape index (κ1) is 16.2. The number of benzene rings is 1. The number of carbonyl (C=O) groups excluding carboxylic acids is 3. The standard InChI is InChI=1S/C17H16N2O4S/c1-17(11-5-7-12(23-2)8-6-11)15(21)19(16(22)18-17)10-13(20)14-4-3-9-24-14/h3-9H,10H2,1-2H3,(H,18,22)/t17-/m0/s1. The van der Waals surface area contributed by atoms with Gasteiger partial charge in [0.05, 0.1) is 18.5 Å². The molecule has 0 saturated carbocycles. The Kier molecular flexibility index (Phi) is 4.11. The Morgan fingerprint density at radius 3 is 2.54 bits per heavy atom. The topological polar surface area (TPSA) is 75.7 Å². The smallest absolute Gasteiger partial charge is 0.325 e. The van der Waals surface area contributed by atoms with E-state index < -0.39 is 17.5 Å². The summed E-state index contributed by atoms with van der Waals surface area (Å²) in [6.07, 6.45) is 0. The first-order chi connectivity index (χ1) is 11.5. The maximum Gasteiger partial charge on any atom is 0.325 e. The minimum Gasteiger partial charge on any atom is -0.497 e. The summed E-state index contributed by atoms with van der Waals surface area (Å²) >= 11 is 1.28. The molecule has 1 aliphatic heterocycles. The third kappa shape index (κ3) is 2.67. The van der Waals surface area contributed by atoms with Gasteiger partial charge in [0.2, 0.25) is 0 Å². The first-order valence-electron chi connectivity index (χ1n) is 7.31. The predicted molar refractivity (Wildman–Crippen MR) is 89.2 cm³/mol. The molecule has 2 aromatic rings. The highest BCUT2D eigenvalue weighted by Crippen LogP contribution is 2.30. The van der Waals surface area contributed by atoms with E-state index in [1.165, 1.54) is 11.3 Å². The summed E-state index contributed by atoms with van der Waals surface area (Å²) in [6.45, 7) is 1.36. The van der Waals surface area contributed by atoms with Crippen LogP contribution >= 0.6 is 11.3 Å². The molecule has 1 saturated heterocycles. The van der Waals surface area contributed by atoms with Crippen LogP contribution in [0.25, 0.3) is 0 Å². The van der Waals surface area contributed by atoms with E-state index >= 15 is 0 Å². The van der Waals surface area contributed by atoms with Gasteiger partial charge in [0.25, 0.3) is 5.91 Å². The number of nitrogens with zero attached hydrogens (tertiary/aromatic N) is 1. The Morgan fingerprint density at radius 1 is 1.25 bits per heavy atom. The third-order valence-electron chi connectivity index (χ3n) is 4.04. The summed E-state index contributed by atoms with van der Waals surface area (Å²) in [7, 11) is 1.55. The number of rotatable bonds is 5. The molecule has 1 aliphatic rings. The minimum absolute atomic E-state index is 0.257. The minimum atomic E-state index is -1.20. The molecule has 24 heavy (non-hydrogen) atoms. The summed E-state index contributed by atoms with van der Waals surface area (Å²) in [5.74, 6) is -0.0427. The number of hydrogen-bond acceptors (Lipinski definition) is 5. The lowest BCUT2D eigenvalue weighted by Gasteiger charge is -2.22. The van der Waals surface area contributed by atoms with E-state index in [-0.39, 0.29) is 12.3 Å². The van der Waals surface area contributed by atoms with Gasteiger partial charge in [0, 0.05) is 0 Å². The number of thiophene rings is 1. The summed E-state index contributed by atoms with van der Waals surface area (Å²) in [5, 5.41) is 4.46. The van der Waals surface area contributed by atoms with Gasteiger partial charge in [-0.05, 0) is 36.1 Å². The van der Waals surface area contributed by atoms with E-state index in [2.05, 4.69) is 5.32 Å². The van der Waals surface area contributed by atoms with Crippen molar-refractivity contribution in [3.05, 3.63) is 52.2 Å². The monoisotopic (exact) mass is 344 g/mol. The van der Waals surface area contributed by atoms with Gasteiger partial charge in [-0.25, -0.2) is 4.79 Å². The molecule has 0 radical (unpaired) electrons. The fourth-order valence-electron chi connectivity index (χ4n) is 2.62. The zero-order valence-electron chi connectivity index (χ0n) is 13.2. The van der Waals surface area contributed by atoms with E-state index in [4.69, 9.17) is 4.74 Å². The molecular formula is C17H16N2O4S.